The van der Waals surface area contributed by atoms with Gasteiger partial charge in [0.2, 0.25) is 0 Å². The zero-order valence-electron chi connectivity index (χ0n) is 10.7. The zero-order valence-corrected chi connectivity index (χ0v) is 13.9. The fourth-order valence-electron chi connectivity index (χ4n) is 2.22. The lowest BCUT2D eigenvalue weighted by molar-refractivity contribution is 0.318. The summed E-state index contributed by atoms with van der Waals surface area (Å²) in [5.41, 5.74) is 2.45. The van der Waals surface area contributed by atoms with E-state index in [9.17, 15) is 0 Å². The molecular weight excluding hydrogens is 382 g/mol. The van der Waals surface area contributed by atoms with Crippen LogP contribution in [0.25, 0.3) is 10.9 Å². The van der Waals surface area contributed by atoms with Crippen LogP contribution in [0.2, 0.25) is 0 Å². The van der Waals surface area contributed by atoms with Crippen LogP contribution in [0.1, 0.15) is 5.56 Å². The molecule has 20 heavy (non-hydrogen) atoms. The second kappa shape index (κ2) is 6.02. The number of para-hydroxylation sites is 2. The van der Waals surface area contributed by atoms with Gasteiger partial charge in [0.25, 0.3) is 0 Å². The molecular formula is C16H13Br2NO. The lowest BCUT2D eigenvalue weighted by atomic mass is 10.1. The van der Waals surface area contributed by atoms with E-state index < -0.39 is 0 Å². The highest BCUT2D eigenvalue weighted by Gasteiger charge is 2.07. The summed E-state index contributed by atoms with van der Waals surface area (Å²) in [5.74, 6) is 0.854. The zero-order chi connectivity index (χ0) is 13.9. The summed E-state index contributed by atoms with van der Waals surface area (Å²) >= 11 is 7.01. The van der Waals surface area contributed by atoms with Crippen molar-refractivity contribution in [2.45, 2.75) is 6.42 Å². The van der Waals surface area contributed by atoms with Crippen LogP contribution < -0.4 is 4.74 Å². The Labute approximate surface area is 134 Å². The van der Waals surface area contributed by atoms with E-state index in [0.29, 0.717) is 6.61 Å². The molecule has 0 atom stereocenters. The van der Waals surface area contributed by atoms with Crippen molar-refractivity contribution >= 4 is 42.8 Å². The van der Waals surface area contributed by atoms with Gasteiger partial charge in [-0.25, -0.2) is 0 Å². The molecule has 1 N–H and O–H groups in total. The Morgan fingerprint density at radius 2 is 1.70 bits per heavy atom. The highest BCUT2D eigenvalue weighted by atomic mass is 79.9. The lowest BCUT2D eigenvalue weighted by Gasteiger charge is -2.09. The van der Waals surface area contributed by atoms with Gasteiger partial charge in [0.15, 0.2) is 0 Å². The minimum absolute atomic E-state index is 0.642. The predicted molar refractivity (Wildman–Crippen MR) is 89.3 cm³/mol. The van der Waals surface area contributed by atoms with Crippen molar-refractivity contribution in [3.05, 3.63) is 63.2 Å². The Morgan fingerprint density at radius 3 is 2.50 bits per heavy atom. The molecule has 1 heterocycles. The van der Waals surface area contributed by atoms with E-state index in [1.54, 1.807) is 0 Å². The van der Waals surface area contributed by atoms with E-state index in [0.717, 1.165) is 21.1 Å². The van der Waals surface area contributed by atoms with Crippen molar-refractivity contribution < 1.29 is 4.74 Å². The molecule has 0 fully saturated rings. The number of hydrogen-bond donors (Lipinski definition) is 1. The average molecular weight is 395 g/mol. The fourth-order valence-corrected chi connectivity index (χ4v) is 3.45. The summed E-state index contributed by atoms with van der Waals surface area (Å²) in [5, 5.41) is 1.27. The molecule has 4 heteroatoms. The molecule has 0 spiro atoms. The number of aromatic amines is 1. The Bertz CT molecular complexity index is 716. The van der Waals surface area contributed by atoms with Crippen LogP contribution in [-0.2, 0) is 6.42 Å². The van der Waals surface area contributed by atoms with Gasteiger partial charge >= 0.3 is 0 Å². The normalized spacial score (nSPS) is 10.9. The molecule has 0 saturated heterocycles. The van der Waals surface area contributed by atoms with Crippen LogP contribution in [0.5, 0.6) is 5.75 Å². The molecule has 3 rings (SSSR count). The smallest absolute Gasteiger partial charge is 0.147 e. The van der Waals surface area contributed by atoms with E-state index in [1.807, 2.05) is 24.3 Å². The first-order chi connectivity index (χ1) is 9.75. The summed E-state index contributed by atoms with van der Waals surface area (Å²) in [6, 6.07) is 14.3. The van der Waals surface area contributed by atoms with Crippen molar-refractivity contribution in [3.63, 3.8) is 0 Å². The van der Waals surface area contributed by atoms with Crippen LogP contribution in [-0.4, -0.2) is 11.6 Å². The second-order valence-electron chi connectivity index (χ2n) is 4.51. The molecule has 2 nitrogen and oxygen atoms in total. The molecule has 0 aliphatic heterocycles. The van der Waals surface area contributed by atoms with Crippen molar-refractivity contribution in [2.75, 3.05) is 6.61 Å². The number of benzene rings is 2. The summed E-state index contributed by atoms with van der Waals surface area (Å²) in [7, 11) is 0. The molecule has 0 saturated carbocycles. The van der Waals surface area contributed by atoms with Gasteiger partial charge in [-0.05, 0) is 55.6 Å². The Hall–Kier alpha value is -1.26. The summed E-state index contributed by atoms with van der Waals surface area (Å²) < 4.78 is 7.81. The molecule has 0 bridgehead atoms. The maximum Gasteiger partial charge on any atom is 0.147 e. The average Bonchev–Trinajstić information content (AvgIpc) is 2.86. The van der Waals surface area contributed by atoms with Gasteiger partial charge in [-0.15, -0.1) is 0 Å². The minimum Gasteiger partial charge on any atom is -0.491 e. The van der Waals surface area contributed by atoms with Gasteiger partial charge < -0.3 is 9.72 Å². The topological polar surface area (TPSA) is 25.0 Å². The molecule has 2 aromatic carbocycles. The molecule has 0 aliphatic carbocycles. The third-order valence-electron chi connectivity index (χ3n) is 3.21. The first-order valence-electron chi connectivity index (χ1n) is 6.37. The van der Waals surface area contributed by atoms with Crippen LogP contribution in [0, 0.1) is 0 Å². The minimum atomic E-state index is 0.642. The lowest BCUT2D eigenvalue weighted by Crippen LogP contribution is -2.02. The molecule has 0 amide bonds. The Kier molecular flexibility index (Phi) is 4.13. The van der Waals surface area contributed by atoms with E-state index in [1.165, 1.54) is 16.5 Å². The number of aromatic nitrogens is 1. The molecule has 0 aliphatic rings. The standard InChI is InChI=1S/C16H13Br2NO/c17-13-5-3-6-14(18)16(13)20-9-8-11-10-19-15-7-2-1-4-12(11)15/h1-7,10,19H,8-9H2. The van der Waals surface area contributed by atoms with Crippen LogP contribution in [0.4, 0.5) is 0 Å². The fraction of sp³-hybridized carbons (Fsp3) is 0.125. The van der Waals surface area contributed by atoms with E-state index in [-0.39, 0.29) is 0 Å². The number of hydrogen-bond acceptors (Lipinski definition) is 1. The van der Waals surface area contributed by atoms with Crippen LogP contribution in [0.15, 0.2) is 57.6 Å². The summed E-state index contributed by atoms with van der Waals surface area (Å²) in [6.07, 6.45) is 2.93. The van der Waals surface area contributed by atoms with E-state index in [4.69, 9.17) is 4.74 Å². The highest BCUT2D eigenvalue weighted by molar-refractivity contribution is 9.11. The molecule has 102 valence electrons. The van der Waals surface area contributed by atoms with E-state index in [2.05, 4.69) is 61.2 Å². The molecule has 0 unspecified atom stereocenters. The molecule has 3 aromatic rings. The maximum absolute atomic E-state index is 5.88. The highest BCUT2D eigenvalue weighted by Crippen LogP contribution is 2.33. The Balaban J connectivity index is 1.71. The second-order valence-corrected chi connectivity index (χ2v) is 6.22. The third kappa shape index (κ3) is 2.76. The van der Waals surface area contributed by atoms with Crippen molar-refractivity contribution in [3.8, 4) is 5.75 Å². The number of nitrogens with one attached hydrogen (secondary N) is 1. The van der Waals surface area contributed by atoms with Gasteiger partial charge in [0.1, 0.15) is 5.75 Å². The largest absolute Gasteiger partial charge is 0.491 e. The van der Waals surface area contributed by atoms with Crippen LogP contribution >= 0.6 is 31.9 Å². The quantitative estimate of drug-likeness (QED) is 0.636. The monoisotopic (exact) mass is 393 g/mol. The van der Waals surface area contributed by atoms with Crippen LogP contribution in [0.3, 0.4) is 0 Å². The van der Waals surface area contributed by atoms with Crippen molar-refractivity contribution in [1.82, 2.24) is 4.98 Å². The number of rotatable bonds is 4. The van der Waals surface area contributed by atoms with E-state index >= 15 is 0 Å². The summed E-state index contributed by atoms with van der Waals surface area (Å²) in [4.78, 5) is 3.29. The number of H-pyrrole nitrogens is 1. The summed E-state index contributed by atoms with van der Waals surface area (Å²) in [6.45, 7) is 0.642. The van der Waals surface area contributed by atoms with Crippen molar-refractivity contribution in [2.24, 2.45) is 0 Å². The third-order valence-corrected chi connectivity index (χ3v) is 4.46. The van der Waals surface area contributed by atoms with Gasteiger partial charge in [-0.2, -0.15) is 0 Å². The van der Waals surface area contributed by atoms with Gasteiger partial charge in [0, 0.05) is 23.5 Å². The van der Waals surface area contributed by atoms with Gasteiger partial charge in [-0.3, -0.25) is 0 Å². The maximum atomic E-state index is 5.88. The Morgan fingerprint density at radius 1 is 0.950 bits per heavy atom. The van der Waals surface area contributed by atoms with Crippen molar-refractivity contribution in [1.29, 1.82) is 0 Å². The molecule has 1 aromatic heterocycles. The number of halogens is 2. The first-order valence-corrected chi connectivity index (χ1v) is 7.96. The first kappa shape index (κ1) is 13.7. The van der Waals surface area contributed by atoms with Gasteiger partial charge in [-0.1, -0.05) is 24.3 Å². The number of ether oxygens (including phenoxy) is 1. The predicted octanol–water partition coefficient (Wildman–Crippen LogP) is 5.31. The SMILES string of the molecule is Brc1cccc(Br)c1OCCc1c[nH]c2ccccc12. The molecule has 0 radical (unpaired) electrons. The van der Waals surface area contributed by atoms with Gasteiger partial charge in [0.05, 0.1) is 15.6 Å². The number of fused-ring (bicyclic) bond motifs is 1.